The maximum absolute atomic E-state index is 12.0. The molecule has 134 valence electrons. The van der Waals surface area contributed by atoms with Gasteiger partial charge in [0.05, 0.1) is 10.7 Å². The lowest BCUT2D eigenvalue weighted by Gasteiger charge is -2.13. The predicted octanol–water partition coefficient (Wildman–Crippen LogP) is 3.18. The first-order valence-electron chi connectivity index (χ1n) is 7.83. The third-order valence-corrected chi connectivity index (χ3v) is 3.60. The molecule has 0 saturated heterocycles. The van der Waals surface area contributed by atoms with Crippen LogP contribution in [0, 0.1) is 0 Å². The van der Waals surface area contributed by atoms with Crippen molar-refractivity contribution in [2.75, 3.05) is 38.2 Å². The van der Waals surface area contributed by atoms with Crippen LogP contribution in [-0.2, 0) is 0 Å². The fraction of sp³-hybridized carbons (Fsp3) is 0.294. The molecule has 1 aromatic heterocycles. The molecule has 0 aliphatic carbocycles. The molecule has 0 aliphatic rings. The third kappa shape index (κ3) is 6.13. The lowest BCUT2D eigenvalue weighted by atomic mass is 10.3. The number of nitrogens with zero attached hydrogens (tertiary/aromatic N) is 2. The second kappa shape index (κ2) is 9.10. The van der Waals surface area contributed by atoms with Crippen LogP contribution in [0.3, 0.4) is 0 Å². The average Bonchev–Trinajstić information content (AvgIpc) is 2.57. The van der Waals surface area contributed by atoms with Crippen molar-refractivity contribution >= 4 is 29.1 Å². The molecule has 1 aromatic carbocycles. The zero-order valence-electron chi connectivity index (χ0n) is 14.3. The molecule has 0 bridgehead atoms. The Morgan fingerprint density at radius 2 is 2.16 bits per heavy atom. The van der Waals surface area contributed by atoms with Crippen LogP contribution < -0.4 is 21.1 Å². The van der Waals surface area contributed by atoms with E-state index in [1.54, 1.807) is 36.5 Å². The highest BCUT2D eigenvalue weighted by molar-refractivity contribution is 6.33. The molecule has 1 heterocycles. The lowest BCUT2D eigenvalue weighted by molar-refractivity contribution is 0.251. The number of hydrogen-bond acceptors (Lipinski definition) is 5. The summed E-state index contributed by atoms with van der Waals surface area (Å²) in [5.74, 6) is 1.23. The van der Waals surface area contributed by atoms with Crippen molar-refractivity contribution in [3.8, 4) is 11.5 Å². The largest absolute Gasteiger partial charge is 0.453 e. The van der Waals surface area contributed by atoms with Crippen molar-refractivity contribution in [2.24, 2.45) is 0 Å². The normalized spacial score (nSPS) is 10.6. The number of pyridine rings is 1. The van der Waals surface area contributed by atoms with E-state index in [4.69, 9.17) is 22.1 Å². The summed E-state index contributed by atoms with van der Waals surface area (Å²) in [5, 5.41) is 5.87. The van der Waals surface area contributed by atoms with Gasteiger partial charge >= 0.3 is 6.03 Å². The number of benzene rings is 1. The van der Waals surface area contributed by atoms with E-state index in [-0.39, 0.29) is 6.03 Å². The minimum absolute atomic E-state index is 0.320. The second-order valence-electron chi connectivity index (χ2n) is 5.67. The number of halogens is 1. The van der Waals surface area contributed by atoms with E-state index in [2.05, 4.69) is 20.5 Å². The van der Waals surface area contributed by atoms with Crippen molar-refractivity contribution in [1.82, 2.24) is 15.2 Å². The van der Waals surface area contributed by atoms with Crippen LogP contribution in [0.15, 0.2) is 36.5 Å². The third-order valence-electron chi connectivity index (χ3n) is 3.27. The van der Waals surface area contributed by atoms with E-state index in [1.165, 1.54) is 0 Å². The molecule has 25 heavy (non-hydrogen) atoms. The van der Waals surface area contributed by atoms with Crippen LogP contribution in [0.25, 0.3) is 0 Å². The van der Waals surface area contributed by atoms with Crippen LogP contribution in [0.1, 0.15) is 6.42 Å². The average molecular weight is 364 g/mol. The van der Waals surface area contributed by atoms with E-state index in [0.717, 1.165) is 13.0 Å². The fourth-order valence-electron chi connectivity index (χ4n) is 2.01. The molecular formula is C17H22ClN5O2. The Labute approximate surface area is 152 Å². The monoisotopic (exact) mass is 363 g/mol. The number of nitrogen functional groups attached to an aromatic ring is 1. The van der Waals surface area contributed by atoms with Crippen molar-refractivity contribution < 1.29 is 9.53 Å². The molecule has 7 nitrogen and oxygen atoms in total. The molecule has 2 aromatic rings. The molecule has 8 heteroatoms. The lowest BCUT2D eigenvalue weighted by Crippen LogP contribution is -2.31. The van der Waals surface area contributed by atoms with Gasteiger partial charge in [-0.15, -0.1) is 0 Å². The van der Waals surface area contributed by atoms with Crippen molar-refractivity contribution in [2.45, 2.75) is 6.42 Å². The van der Waals surface area contributed by atoms with Crippen LogP contribution in [0.5, 0.6) is 11.5 Å². The predicted molar refractivity (Wildman–Crippen MR) is 100 cm³/mol. The summed E-state index contributed by atoms with van der Waals surface area (Å²) in [6.45, 7) is 1.47. The number of ether oxygens (including phenoxy) is 1. The molecule has 4 N–H and O–H groups in total. The number of aromatic nitrogens is 1. The number of nitrogens with two attached hydrogens (primary N) is 1. The maximum atomic E-state index is 12.0. The Balaban J connectivity index is 1.97. The van der Waals surface area contributed by atoms with Crippen molar-refractivity contribution in [3.05, 3.63) is 41.6 Å². The quantitative estimate of drug-likeness (QED) is 0.519. The zero-order valence-corrected chi connectivity index (χ0v) is 15.0. The molecule has 0 aliphatic heterocycles. The summed E-state index contributed by atoms with van der Waals surface area (Å²) in [6, 6.07) is 8.04. The summed E-state index contributed by atoms with van der Waals surface area (Å²) in [4.78, 5) is 18.2. The summed E-state index contributed by atoms with van der Waals surface area (Å²) in [6.07, 6.45) is 2.43. The fourth-order valence-corrected chi connectivity index (χ4v) is 2.18. The topological polar surface area (TPSA) is 92.5 Å². The number of urea groups is 1. The second-order valence-corrected chi connectivity index (χ2v) is 6.08. The zero-order chi connectivity index (χ0) is 18.2. The minimum atomic E-state index is -0.336. The summed E-state index contributed by atoms with van der Waals surface area (Å²) in [7, 11) is 3.97. The molecule has 0 atom stereocenters. The van der Waals surface area contributed by atoms with E-state index >= 15 is 0 Å². The molecule has 0 fully saturated rings. The van der Waals surface area contributed by atoms with Gasteiger partial charge in [0, 0.05) is 18.8 Å². The standard InChI is InChI=1S/C17H22ClN5O2/c1-23(2)10-4-9-21-17(24)22-16-15(5-3-8-20-16)25-12-6-7-14(19)13(18)11-12/h3,5-8,11H,4,9-10,19H2,1-2H3,(H2,20,21,22,24). The Bertz CT molecular complexity index is 724. The number of hydrogen-bond donors (Lipinski definition) is 3. The molecule has 0 unspecified atom stereocenters. The van der Waals surface area contributed by atoms with Gasteiger partial charge in [-0.1, -0.05) is 11.6 Å². The van der Waals surface area contributed by atoms with Gasteiger partial charge in [0.15, 0.2) is 11.6 Å². The van der Waals surface area contributed by atoms with Crippen molar-refractivity contribution in [3.63, 3.8) is 0 Å². The van der Waals surface area contributed by atoms with Crippen LogP contribution in [0.2, 0.25) is 5.02 Å². The highest BCUT2D eigenvalue weighted by Gasteiger charge is 2.10. The van der Waals surface area contributed by atoms with Gasteiger partial charge in [-0.2, -0.15) is 0 Å². The van der Waals surface area contributed by atoms with E-state index < -0.39 is 0 Å². The number of rotatable bonds is 7. The Hall–Kier alpha value is -2.51. The Kier molecular flexibility index (Phi) is 6.85. The summed E-state index contributed by atoms with van der Waals surface area (Å²) in [5.41, 5.74) is 6.15. The van der Waals surface area contributed by atoms with Gasteiger partial charge < -0.3 is 20.7 Å². The summed E-state index contributed by atoms with van der Waals surface area (Å²) < 4.78 is 5.75. The molecular weight excluding hydrogens is 342 g/mol. The van der Waals surface area contributed by atoms with Gasteiger partial charge in [-0.05, 0) is 51.3 Å². The van der Waals surface area contributed by atoms with Crippen LogP contribution in [0.4, 0.5) is 16.3 Å². The van der Waals surface area contributed by atoms with Gasteiger partial charge in [0.2, 0.25) is 0 Å². The highest BCUT2D eigenvalue weighted by Crippen LogP contribution is 2.31. The Morgan fingerprint density at radius 1 is 1.36 bits per heavy atom. The molecule has 0 saturated carbocycles. The molecule has 2 amide bonds. The van der Waals surface area contributed by atoms with Gasteiger partial charge in [0.1, 0.15) is 5.75 Å². The van der Waals surface area contributed by atoms with E-state index in [9.17, 15) is 4.79 Å². The number of carbonyl (C=O) groups is 1. The van der Waals surface area contributed by atoms with Crippen LogP contribution >= 0.6 is 11.6 Å². The van der Waals surface area contributed by atoms with E-state index in [0.29, 0.717) is 34.6 Å². The molecule has 0 spiro atoms. The van der Waals surface area contributed by atoms with E-state index in [1.807, 2.05) is 14.1 Å². The Morgan fingerprint density at radius 3 is 2.88 bits per heavy atom. The first kappa shape index (κ1) is 18.8. The van der Waals surface area contributed by atoms with Gasteiger partial charge in [-0.25, -0.2) is 9.78 Å². The highest BCUT2D eigenvalue weighted by atomic mass is 35.5. The number of amides is 2. The first-order valence-corrected chi connectivity index (χ1v) is 8.21. The van der Waals surface area contributed by atoms with Crippen LogP contribution in [-0.4, -0.2) is 43.1 Å². The minimum Gasteiger partial charge on any atom is -0.453 e. The molecule has 0 radical (unpaired) electrons. The van der Waals surface area contributed by atoms with Crippen molar-refractivity contribution in [1.29, 1.82) is 0 Å². The maximum Gasteiger partial charge on any atom is 0.320 e. The van der Waals surface area contributed by atoms with Gasteiger partial charge in [-0.3, -0.25) is 5.32 Å². The smallest absolute Gasteiger partial charge is 0.320 e. The molecule has 2 rings (SSSR count). The van der Waals surface area contributed by atoms with Gasteiger partial charge in [0.25, 0.3) is 0 Å². The number of carbonyl (C=O) groups excluding carboxylic acids is 1. The number of anilines is 2. The first-order chi connectivity index (χ1) is 12.0. The SMILES string of the molecule is CN(C)CCCNC(=O)Nc1ncccc1Oc1ccc(N)c(Cl)c1. The number of nitrogens with one attached hydrogen (secondary N) is 2. The summed E-state index contributed by atoms with van der Waals surface area (Å²) >= 11 is 5.99.